The third-order valence-electron chi connectivity index (χ3n) is 3.81. The summed E-state index contributed by atoms with van der Waals surface area (Å²) in [4.78, 5) is 30.0. The predicted octanol–water partition coefficient (Wildman–Crippen LogP) is 2.07. The second kappa shape index (κ2) is 9.83. The molecule has 0 amide bonds. The van der Waals surface area contributed by atoms with Gasteiger partial charge in [0.25, 0.3) is 0 Å². The van der Waals surface area contributed by atoms with Crippen molar-refractivity contribution in [2.24, 2.45) is 0 Å². The Morgan fingerprint density at radius 2 is 1.81 bits per heavy atom. The van der Waals surface area contributed by atoms with Crippen LogP contribution >= 0.6 is 11.3 Å². The molecule has 11 heteroatoms. The summed E-state index contributed by atoms with van der Waals surface area (Å²) in [5.74, 6) is -3.46. The summed E-state index contributed by atoms with van der Waals surface area (Å²) in [6, 6.07) is -0.326. The summed E-state index contributed by atoms with van der Waals surface area (Å²) >= 11 is 1.74. The second-order valence-electron chi connectivity index (χ2n) is 5.72. The molecule has 2 heterocycles. The maximum atomic E-state index is 11.1. The summed E-state index contributed by atoms with van der Waals surface area (Å²) in [5, 5.41) is 17.4. The van der Waals surface area contributed by atoms with Gasteiger partial charge in [-0.05, 0) is 13.3 Å². The standard InChI is InChI=1S/C13H21N3O2S.C2HF3O2/c1-3-12(13(17)18)16-6-4-15(5-7-16)9-11-8-14-10(2)19-11;3-2(4,5)1(6)7/h8,12H,3-7,9H2,1-2H3,(H,17,18);(H,6,7). The molecular formula is C15H22F3N3O4S. The number of thiazole rings is 1. The molecule has 1 fully saturated rings. The average Bonchev–Trinajstić information content (AvgIpc) is 2.94. The number of carbonyl (C=O) groups is 2. The van der Waals surface area contributed by atoms with Crippen molar-refractivity contribution >= 4 is 23.3 Å². The maximum absolute atomic E-state index is 11.1. The van der Waals surface area contributed by atoms with Crippen molar-refractivity contribution in [3.8, 4) is 0 Å². The molecule has 1 aliphatic rings. The molecule has 1 aliphatic heterocycles. The van der Waals surface area contributed by atoms with Crippen LogP contribution < -0.4 is 0 Å². The quantitative estimate of drug-likeness (QED) is 0.785. The Labute approximate surface area is 153 Å². The summed E-state index contributed by atoms with van der Waals surface area (Å²) < 4.78 is 31.7. The molecule has 148 valence electrons. The molecule has 1 unspecified atom stereocenters. The molecule has 0 aliphatic carbocycles. The minimum Gasteiger partial charge on any atom is -0.480 e. The van der Waals surface area contributed by atoms with Gasteiger partial charge in [0.15, 0.2) is 0 Å². The van der Waals surface area contributed by atoms with Gasteiger partial charge < -0.3 is 10.2 Å². The number of carboxylic acid groups (broad SMARTS) is 2. The smallest absolute Gasteiger partial charge is 0.480 e. The van der Waals surface area contributed by atoms with Gasteiger partial charge in [-0.1, -0.05) is 6.92 Å². The Morgan fingerprint density at radius 1 is 1.27 bits per heavy atom. The van der Waals surface area contributed by atoms with Gasteiger partial charge in [0, 0.05) is 43.8 Å². The van der Waals surface area contributed by atoms with Gasteiger partial charge in [-0.3, -0.25) is 14.6 Å². The van der Waals surface area contributed by atoms with Crippen molar-refractivity contribution in [1.82, 2.24) is 14.8 Å². The fourth-order valence-electron chi connectivity index (χ4n) is 2.52. The summed E-state index contributed by atoms with van der Waals surface area (Å²) in [5.41, 5.74) is 0. The van der Waals surface area contributed by atoms with Crippen LogP contribution in [0.15, 0.2) is 6.20 Å². The molecule has 2 rings (SSSR count). The average molecular weight is 397 g/mol. The van der Waals surface area contributed by atoms with Gasteiger partial charge in [-0.25, -0.2) is 9.78 Å². The van der Waals surface area contributed by atoms with Crippen LogP contribution in [-0.4, -0.2) is 75.3 Å². The van der Waals surface area contributed by atoms with E-state index in [-0.39, 0.29) is 6.04 Å². The first kappa shape index (κ1) is 22.3. The zero-order chi connectivity index (χ0) is 19.9. The van der Waals surface area contributed by atoms with Crippen LogP contribution in [0.5, 0.6) is 0 Å². The zero-order valence-electron chi connectivity index (χ0n) is 14.5. The van der Waals surface area contributed by atoms with Crippen LogP contribution in [0.25, 0.3) is 0 Å². The van der Waals surface area contributed by atoms with E-state index >= 15 is 0 Å². The van der Waals surface area contributed by atoms with Crippen molar-refractivity contribution in [1.29, 1.82) is 0 Å². The normalized spacial score (nSPS) is 17.3. The summed E-state index contributed by atoms with van der Waals surface area (Å²) in [6.07, 6.45) is -2.47. The van der Waals surface area contributed by atoms with E-state index in [1.54, 1.807) is 11.3 Å². The minimum absolute atomic E-state index is 0.326. The van der Waals surface area contributed by atoms with Crippen molar-refractivity contribution < 1.29 is 33.0 Å². The highest BCUT2D eigenvalue weighted by Crippen LogP contribution is 2.16. The molecule has 0 bridgehead atoms. The summed E-state index contributed by atoms with van der Waals surface area (Å²) in [6.45, 7) is 8.42. The van der Waals surface area contributed by atoms with Crippen molar-refractivity contribution in [3.05, 3.63) is 16.1 Å². The Morgan fingerprint density at radius 3 is 2.15 bits per heavy atom. The second-order valence-corrected chi connectivity index (χ2v) is 7.04. The van der Waals surface area contributed by atoms with Gasteiger partial charge in [-0.2, -0.15) is 13.2 Å². The lowest BCUT2D eigenvalue weighted by atomic mass is 10.1. The SMILES string of the molecule is CCC(C(=O)O)N1CCN(Cc2cnc(C)s2)CC1.O=C(O)C(F)(F)F. The lowest BCUT2D eigenvalue weighted by Crippen LogP contribution is -2.52. The van der Waals surface area contributed by atoms with Crippen LogP contribution in [0.1, 0.15) is 23.2 Å². The Hall–Kier alpha value is -1.72. The zero-order valence-corrected chi connectivity index (χ0v) is 15.3. The molecule has 1 aromatic heterocycles. The number of hydrogen-bond donors (Lipinski definition) is 2. The Kier molecular flexibility index (Phi) is 8.44. The first-order chi connectivity index (χ1) is 12.0. The van der Waals surface area contributed by atoms with Crippen LogP contribution in [-0.2, 0) is 16.1 Å². The molecule has 26 heavy (non-hydrogen) atoms. The highest BCUT2D eigenvalue weighted by Gasteiger charge is 2.38. The third kappa shape index (κ3) is 7.26. The number of hydrogen-bond acceptors (Lipinski definition) is 6. The molecule has 7 nitrogen and oxygen atoms in total. The van der Waals surface area contributed by atoms with Crippen LogP contribution in [0.4, 0.5) is 13.2 Å². The van der Waals surface area contributed by atoms with E-state index in [0.29, 0.717) is 6.42 Å². The highest BCUT2D eigenvalue weighted by molar-refractivity contribution is 7.11. The van der Waals surface area contributed by atoms with Gasteiger partial charge in [-0.15, -0.1) is 11.3 Å². The molecule has 0 aromatic carbocycles. The van der Waals surface area contributed by atoms with E-state index < -0.39 is 18.1 Å². The monoisotopic (exact) mass is 397 g/mol. The van der Waals surface area contributed by atoms with E-state index in [2.05, 4.69) is 14.8 Å². The van der Waals surface area contributed by atoms with E-state index in [9.17, 15) is 18.0 Å². The van der Waals surface area contributed by atoms with E-state index in [0.717, 1.165) is 37.7 Å². The molecule has 0 spiro atoms. The number of piperazine rings is 1. The maximum Gasteiger partial charge on any atom is 0.490 e. The van der Waals surface area contributed by atoms with Gasteiger partial charge in [0.05, 0.1) is 5.01 Å². The first-order valence-corrected chi connectivity index (χ1v) is 8.76. The van der Waals surface area contributed by atoms with Crippen molar-refractivity contribution in [3.63, 3.8) is 0 Å². The fourth-order valence-corrected chi connectivity index (χ4v) is 3.36. The topological polar surface area (TPSA) is 94.0 Å². The van der Waals surface area contributed by atoms with E-state index in [1.165, 1.54) is 4.88 Å². The third-order valence-corrected chi connectivity index (χ3v) is 4.71. The number of aliphatic carboxylic acids is 2. The van der Waals surface area contributed by atoms with Crippen LogP contribution in [0.3, 0.4) is 0 Å². The summed E-state index contributed by atoms with van der Waals surface area (Å²) in [7, 11) is 0. The highest BCUT2D eigenvalue weighted by atomic mass is 32.1. The Balaban J connectivity index is 0.000000412. The van der Waals surface area contributed by atoms with Crippen LogP contribution in [0.2, 0.25) is 0 Å². The van der Waals surface area contributed by atoms with Crippen molar-refractivity contribution in [2.75, 3.05) is 26.2 Å². The predicted molar refractivity (Wildman–Crippen MR) is 89.1 cm³/mol. The Bertz CT molecular complexity index is 601. The van der Waals surface area contributed by atoms with Crippen LogP contribution in [0, 0.1) is 6.92 Å². The minimum atomic E-state index is -5.08. The number of carboxylic acids is 2. The molecule has 0 radical (unpaired) electrons. The molecule has 1 saturated heterocycles. The first-order valence-electron chi connectivity index (χ1n) is 7.95. The number of nitrogens with zero attached hydrogens (tertiary/aromatic N) is 3. The van der Waals surface area contributed by atoms with Gasteiger partial charge >= 0.3 is 18.1 Å². The molecular weight excluding hydrogens is 375 g/mol. The van der Waals surface area contributed by atoms with Crippen molar-refractivity contribution in [2.45, 2.75) is 39.0 Å². The lowest BCUT2D eigenvalue weighted by Gasteiger charge is -2.37. The van der Waals surface area contributed by atoms with Gasteiger partial charge in [0.2, 0.25) is 0 Å². The number of aryl methyl sites for hydroxylation is 1. The molecule has 2 N–H and O–H groups in total. The number of rotatable bonds is 5. The largest absolute Gasteiger partial charge is 0.490 e. The number of alkyl halides is 3. The van der Waals surface area contributed by atoms with Gasteiger partial charge in [0.1, 0.15) is 6.04 Å². The molecule has 0 saturated carbocycles. The molecule has 1 atom stereocenters. The lowest BCUT2D eigenvalue weighted by molar-refractivity contribution is -0.192. The number of halogens is 3. The fraction of sp³-hybridized carbons (Fsp3) is 0.667. The van der Waals surface area contributed by atoms with E-state index in [4.69, 9.17) is 15.0 Å². The molecule has 1 aromatic rings. The van der Waals surface area contributed by atoms with E-state index in [1.807, 2.05) is 20.0 Å². The number of aromatic nitrogens is 1.